The molecule has 1 aromatic heterocycles. The van der Waals surface area contributed by atoms with Gasteiger partial charge in [0.2, 0.25) is 0 Å². The summed E-state index contributed by atoms with van der Waals surface area (Å²) < 4.78 is 38.4. The Balaban J connectivity index is 2.07. The molecular formula is C24H26F3NOS. The van der Waals surface area contributed by atoms with Gasteiger partial charge in [-0.15, -0.1) is 11.3 Å². The fourth-order valence-electron chi connectivity index (χ4n) is 3.27. The number of hydrogen-bond donors (Lipinski definition) is 1. The van der Waals surface area contributed by atoms with Crippen molar-refractivity contribution in [3.05, 3.63) is 58.5 Å². The quantitative estimate of drug-likeness (QED) is 0.447. The van der Waals surface area contributed by atoms with E-state index in [1.54, 1.807) is 0 Å². The van der Waals surface area contributed by atoms with E-state index in [2.05, 4.69) is 4.98 Å². The first kappa shape index (κ1) is 22.3. The number of benzene rings is 2. The van der Waals surface area contributed by atoms with Gasteiger partial charge < -0.3 is 5.11 Å². The lowest BCUT2D eigenvalue weighted by molar-refractivity contribution is -0.137. The SMILES string of the molecule is CC(C)(C)c1cc(-c2csc(-c3ccc(C(F)(F)F)cc3)n2)cc(C(C)(C)C)c1O. The molecule has 160 valence electrons. The Bertz CT molecular complexity index is 1020. The summed E-state index contributed by atoms with van der Waals surface area (Å²) in [4.78, 5) is 4.67. The molecule has 0 bridgehead atoms. The molecule has 0 aliphatic rings. The molecule has 0 saturated heterocycles. The molecule has 0 atom stereocenters. The van der Waals surface area contributed by atoms with E-state index in [9.17, 15) is 18.3 Å². The summed E-state index contributed by atoms with van der Waals surface area (Å²) in [5, 5.41) is 13.5. The third-order valence-corrected chi connectivity index (χ3v) is 5.88. The molecule has 0 amide bonds. The van der Waals surface area contributed by atoms with Crippen LogP contribution in [-0.4, -0.2) is 10.1 Å². The van der Waals surface area contributed by atoms with Crippen LogP contribution in [0.1, 0.15) is 58.2 Å². The summed E-state index contributed by atoms with van der Waals surface area (Å²) in [5.41, 5.74) is 2.76. The van der Waals surface area contributed by atoms with E-state index in [0.29, 0.717) is 16.3 Å². The van der Waals surface area contributed by atoms with Gasteiger partial charge in [-0.1, -0.05) is 53.7 Å². The number of aromatic hydroxyl groups is 1. The van der Waals surface area contributed by atoms with Gasteiger partial charge in [0.15, 0.2) is 0 Å². The molecule has 0 aliphatic heterocycles. The van der Waals surface area contributed by atoms with E-state index in [1.807, 2.05) is 59.1 Å². The maximum atomic E-state index is 12.8. The number of aromatic nitrogens is 1. The van der Waals surface area contributed by atoms with Gasteiger partial charge >= 0.3 is 6.18 Å². The summed E-state index contributed by atoms with van der Waals surface area (Å²) in [7, 11) is 0. The highest BCUT2D eigenvalue weighted by Gasteiger charge is 2.30. The molecule has 0 saturated carbocycles. The van der Waals surface area contributed by atoms with Gasteiger partial charge in [-0.3, -0.25) is 0 Å². The third kappa shape index (κ3) is 4.53. The summed E-state index contributed by atoms with van der Waals surface area (Å²) in [5.74, 6) is 0.303. The normalized spacial score (nSPS) is 13.0. The van der Waals surface area contributed by atoms with Crippen molar-refractivity contribution in [2.24, 2.45) is 0 Å². The highest BCUT2D eigenvalue weighted by atomic mass is 32.1. The van der Waals surface area contributed by atoms with E-state index in [-0.39, 0.29) is 10.8 Å². The highest BCUT2D eigenvalue weighted by molar-refractivity contribution is 7.13. The lowest BCUT2D eigenvalue weighted by Crippen LogP contribution is -2.17. The number of phenols is 1. The number of hydrogen-bond acceptors (Lipinski definition) is 3. The van der Waals surface area contributed by atoms with Crippen molar-refractivity contribution in [1.82, 2.24) is 4.98 Å². The largest absolute Gasteiger partial charge is 0.507 e. The van der Waals surface area contributed by atoms with Gasteiger partial charge in [0.25, 0.3) is 0 Å². The predicted molar refractivity (Wildman–Crippen MR) is 117 cm³/mol. The van der Waals surface area contributed by atoms with Crippen LogP contribution in [0, 0.1) is 0 Å². The number of halogens is 3. The third-order valence-electron chi connectivity index (χ3n) is 4.99. The Morgan fingerprint density at radius 3 is 1.73 bits per heavy atom. The zero-order valence-corrected chi connectivity index (χ0v) is 18.8. The Hall–Kier alpha value is -2.34. The number of phenolic OH excluding ortho intramolecular Hbond substituents is 1. The van der Waals surface area contributed by atoms with Gasteiger partial charge in [-0.25, -0.2) is 4.98 Å². The van der Waals surface area contributed by atoms with E-state index in [4.69, 9.17) is 0 Å². The maximum Gasteiger partial charge on any atom is 0.416 e. The first-order valence-corrected chi connectivity index (χ1v) is 10.6. The Morgan fingerprint density at radius 1 is 0.800 bits per heavy atom. The number of thiazole rings is 1. The van der Waals surface area contributed by atoms with Crippen LogP contribution in [0.25, 0.3) is 21.8 Å². The fraction of sp³-hybridized carbons (Fsp3) is 0.375. The molecule has 0 fully saturated rings. The van der Waals surface area contributed by atoms with E-state index in [0.717, 1.165) is 34.5 Å². The second-order valence-corrected chi connectivity index (χ2v) is 10.4. The molecule has 1 N–H and O–H groups in total. The van der Waals surface area contributed by atoms with Crippen molar-refractivity contribution in [2.45, 2.75) is 58.5 Å². The molecular weight excluding hydrogens is 407 g/mol. The first-order valence-electron chi connectivity index (χ1n) is 9.69. The summed E-state index contributed by atoms with van der Waals surface area (Å²) in [6.45, 7) is 12.3. The average molecular weight is 434 g/mol. The lowest BCUT2D eigenvalue weighted by Gasteiger charge is -2.28. The van der Waals surface area contributed by atoms with Crippen molar-refractivity contribution < 1.29 is 18.3 Å². The minimum Gasteiger partial charge on any atom is -0.507 e. The molecule has 0 unspecified atom stereocenters. The monoisotopic (exact) mass is 433 g/mol. The van der Waals surface area contributed by atoms with E-state index >= 15 is 0 Å². The van der Waals surface area contributed by atoms with Gasteiger partial charge in [0.05, 0.1) is 11.3 Å². The molecule has 30 heavy (non-hydrogen) atoms. The van der Waals surface area contributed by atoms with Crippen molar-refractivity contribution in [2.75, 3.05) is 0 Å². The minimum atomic E-state index is -4.36. The lowest BCUT2D eigenvalue weighted by atomic mass is 9.78. The van der Waals surface area contributed by atoms with Crippen molar-refractivity contribution in [1.29, 1.82) is 0 Å². The number of rotatable bonds is 2. The van der Waals surface area contributed by atoms with Crippen LogP contribution >= 0.6 is 11.3 Å². The molecule has 6 heteroatoms. The molecule has 2 nitrogen and oxygen atoms in total. The molecule has 1 heterocycles. The standard InChI is InChI=1S/C24H26F3NOS/c1-22(2,3)17-11-15(12-18(20(17)29)23(4,5)6)19-13-30-21(28-19)14-7-9-16(10-8-14)24(25,26)27/h7-13,29H,1-6H3. The molecule has 0 aliphatic carbocycles. The van der Waals surface area contributed by atoms with Crippen LogP contribution in [0.5, 0.6) is 5.75 Å². The fourth-order valence-corrected chi connectivity index (χ4v) is 4.10. The second kappa shape index (κ2) is 7.41. The molecule has 2 aromatic carbocycles. The first-order chi connectivity index (χ1) is 13.7. The number of alkyl halides is 3. The number of nitrogens with zero attached hydrogens (tertiary/aromatic N) is 1. The Morgan fingerprint density at radius 2 is 1.30 bits per heavy atom. The van der Waals surface area contributed by atoms with Crippen LogP contribution in [0.4, 0.5) is 13.2 Å². The Kier molecular flexibility index (Phi) is 5.52. The molecule has 0 radical (unpaired) electrons. The summed E-state index contributed by atoms with van der Waals surface area (Å²) in [6.07, 6.45) is -4.36. The molecule has 3 aromatic rings. The van der Waals surface area contributed by atoms with Gasteiger partial charge in [0.1, 0.15) is 10.8 Å². The van der Waals surface area contributed by atoms with Crippen molar-refractivity contribution in [3.8, 4) is 27.6 Å². The molecule has 0 spiro atoms. The topological polar surface area (TPSA) is 33.1 Å². The van der Waals surface area contributed by atoms with Gasteiger partial charge in [0, 0.05) is 27.6 Å². The maximum absolute atomic E-state index is 12.8. The highest BCUT2D eigenvalue weighted by Crippen LogP contribution is 2.42. The van der Waals surface area contributed by atoms with Crippen LogP contribution in [0.3, 0.4) is 0 Å². The van der Waals surface area contributed by atoms with Crippen LogP contribution < -0.4 is 0 Å². The summed E-state index contributed by atoms with van der Waals surface area (Å²) in [6, 6.07) is 8.96. The van der Waals surface area contributed by atoms with E-state index in [1.165, 1.54) is 23.5 Å². The Labute approximate surface area is 179 Å². The van der Waals surface area contributed by atoms with Gasteiger partial charge in [-0.05, 0) is 35.1 Å². The summed E-state index contributed by atoms with van der Waals surface area (Å²) >= 11 is 1.39. The second-order valence-electron chi connectivity index (χ2n) is 9.53. The van der Waals surface area contributed by atoms with Crippen molar-refractivity contribution >= 4 is 11.3 Å². The zero-order chi connectivity index (χ0) is 22.5. The smallest absolute Gasteiger partial charge is 0.416 e. The van der Waals surface area contributed by atoms with Crippen LogP contribution in [0.15, 0.2) is 41.8 Å². The van der Waals surface area contributed by atoms with Gasteiger partial charge in [-0.2, -0.15) is 13.2 Å². The molecule has 3 rings (SSSR count). The predicted octanol–water partition coefficient (Wildman–Crippen LogP) is 7.80. The van der Waals surface area contributed by atoms with E-state index < -0.39 is 11.7 Å². The average Bonchev–Trinajstić information content (AvgIpc) is 3.09. The van der Waals surface area contributed by atoms with Crippen LogP contribution in [-0.2, 0) is 17.0 Å². The van der Waals surface area contributed by atoms with Crippen molar-refractivity contribution in [3.63, 3.8) is 0 Å². The van der Waals surface area contributed by atoms with Crippen LogP contribution in [0.2, 0.25) is 0 Å². The zero-order valence-electron chi connectivity index (χ0n) is 18.0. The minimum absolute atomic E-state index is 0.258.